The Morgan fingerprint density at radius 1 is 1.09 bits per heavy atom. The van der Waals surface area contributed by atoms with Crippen LogP contribution in [0.15, 0.2) is 36.7 Å². The van der Waals surface area contributed by atoms with Crippen molar-refractivity contribution < 1.29 is 9.18 Å². The van der Waals surface area contributed by atoms with Crippen LogP contribution >= 0.6 is 0 Å². The molecule has 5 unspecified atom stereocenters. The molecule has 6 rings (SSSR count). The first-order chi connectivity index (χ1) is 16.5. The molecule has 0 aromatic carbocycles. The average molecular weight is 466 g/mol. The number of aromatic nitrogens is 2. The summed E-state index contributed by atoms with van der Waals surface area (Å²) in [7, 11) is 0. The molecule has 1 aliphatic carbocycles. The number of nitrogens with one attached hydrogen (secondary N) is 3. The van der Waals surface area contributed by atoms with E-state index in [0.29, 0.717) is 17.9 Å². The van der Waals surface area contributed by atoms with Crippen molar-refractivity contribution in [3.63, 3.8) is 0 Å². The minimum atomic E-state index is -0.328. The molecule has 3 N–H and O–H groups in total. The Labute approximate surface area is 199 Å². The monoisotopic (exact) mass is 465 g/mol. The highest BCUT2D eigenvalue weighted by Crippen LogP contribution is 2.42. The maximum atomic E-state index is 13.3. The Hall–Kier alpha value is -2.78. The second-order valence-corrected chi connectivity index (χ2v) is 10.3. The van der Waals surface area contributed by atoms with E-state index >= 15 is 0 Å². The molecule has 0 radical (unpaired) electrons. The largest absolute Gasteiger partial charge is 0.355 e. The van der Waals surface area contributed by atoms with Gasteiger partial charge < -0.3 is 15.1 Å². The topological polar surface area (TPSA) is 85.4 Å². The Balaban J connectivity index is 1.16. The van der Waals surface area contributed by atoms with Gasteiger partial charge in [0.15, 0.2) is 0 Å². The van der Waals surface area contributed by atoms with Crippen LogP contribution in [0.25, 0.3) is 0 Å². The van der Waals surface area contributed by atoms with Gasteiger partial charge in [0.2, 0.25) is 0 Å². The second-order valence-electron chi connectivity index (χ2n) is 10.3. The van der Waals surface area contributed by atoms with Gasteiger partial charge in [0.05, 0.1) is 18.3 Å². The molecule has 5 heterocycles. The van der Waals surface area contributed by atoms with Crippen LogP contribution in [-0.4, -0.2) is 58.7 Å². The number of carbonyl (C=O) groups is 1. The number of nitrogens with zero attached hydrogens (tertiary/aromatic N) is 4. The Morgan fingerprint density at radius 2 is 2.00 bits per heavy atom. The second kappa shape index (κ2) is 8.78. The first-order valence-corrected chi connectivity index (χ1v) is 12.4. The van der Waals surface area contributed by atoms with Crippen molar-refractivity contribution in [3.8, 4) is 0 Å². The lowest BCUT2D eigenvalue weighted by Gasteiger charge is -2.49. The predicted molar refractivity (Wildman–Crippen MR) is 126 cm³/mol. The number of rotatable bonds is 3. The van der Waals surface area contributed by atoms with E-state index in [0.717, 1.165) is 56.8 Å². The number of amides is 2. The van der Waals surface area contributed by atoms with Gasteiger partial charge in [-0.15, -0.1) is 0 Å². The number of pyridine rings is 2. The minimum absolute atomic E-state index is 0.0471. The van der Waals surface area contributed by atoms with Gasteiger partial charge in [0.25, 0.3) is 0 Å². The Bertz CT molecular complexity index is 1050. The lowest BCUT2D eigenvalue weighted by Crippen LogP contribution is -2.64. The highest BCUT2D eigenvalue weighted by Gasteiger charge is 2.48. The fourth-order valence-electron chi connectivity index (χ4n) is 6.49. The summed E-state index contributed by atoms with van der Waals surface area (Å²) in [6.07, 6.45) is 7.13. The Kier molecular flexibility index (Phi) is 5.61. The van der Waals surface area contributed by atoms with Gasteiger partial charge in [-0.1, -0.05) is 0 Å². The zero-order chi connectivity index (χ0) is 23.2. The van der Waals surface area contributed by atoms with Crippen molar-refractivity contribution in [3.05, 3.63) is 53.7 Å². The number of anilines is 1. The van der Waals surface area contributed by atoms with Crippen LogP contribution in [-0.2, 0) is 0 Å². The van der Waals surface area contributed by atoms with Gasteiger partial charge in [-0.25, -0.2) is 19.6 Å². The van der Waals surface area contributed by atoms with Crippen LogP contribution in [0.1, 0.15) is 43.0 Å². The number of fused-ring (bicyclic) bond motifs is 2. The quantitative estimate of drug-likeness (QED) is 0.646. The summed E-state index contributed by atoms with van der Waals surface area (Å²) in [6, 6.07) is 8.45. The molecule has 9 heteroatoms. The molecule has 180 valence electrons. The predicted octanol–water partition coefficient (Wildman–Crippen LogP) is 2.53. The maximum absolute atomic E-state index is 13.3. The van der Waals surface area contributed by atoms with Gasteiger partial charge in [-0.3, -0.25) is 10.4 Å². The van der Waals surface area contributed by atoms with E-state index < -0.39 is 0 Å². The Morgan fingerprint density at radius 3 is 2.82 bits per heavy atom. The number of hydrazine groups is 1. The van der Waals surface area contributed by atoms with Crippen LogP contribution in [0.2, 0.25) is 0 Å². The molecular formula is C25H32FN7O. The number of carbonyl (C=O) groups excluding carboxylic acids is 1. The third-order valence-corrected chi connectivity index (χ3v) is 8.17. The number of hydrogen-bond donors (Lipinski definition) is 3. The number of halogens is 1. The number of aryl methyl sites for hydroxylation is 1. The summed E-state index contributed by atoms with van der Waals surface area (Å²) in [5.41, 5.74) is 9.33. The molecule has 2 aromatic heterocycles. The summed E-state index contributed by atoms with van der Waals surface area (Å²) in [5, 5.41) is 3.33. The van der Waals surface area contributed by atoms with Crippen LogP contribution in [0.3, 0.4) is 0 Å². The van der Waals surface area contributed by atoms with Gasteiger partial charge in [0, 0.05) is 43.6 Å². The zero-order valence-corrected chi connectivity index (χ0v) is 19.5. The molecular weight excluding hydrogens is 433 g/mol. The van der Waals surface area contributed by atoms with Gasteiger partial charge in [0.1, 0.15) is 11.6 Å². The lowest BCUT2D eigenvalue weighted by molar-refractivity contribution is 0.0764. The number of piperidine rings is 1. The van der Waals surface area contributed by atoms with Crippen LogP contribution in [0.5, 0.6) is 0 Å². The summed E-state index contributed by atoms with van der Waals surface area (Å²) in [6.45, 7) is 4.43. The van der Waals surface area contributed by atoms with Gasteiger partial charge in [-0.05, 0) is 74.3 Å². The van der Waals surface area contributed by atoms with Gasteiger partial charge >= 0.3 is 6.03 Å². The van der Waals surface area contributed by atoms with Crippen molar-refractivity contribution in [2.45, 2.75) is 56.8 Å². The van der Waals surface area contributed by atoms with Crippen LogP contribution < -0.4 is 21.1 Å². The zero-order valence-electron chi connectivity index (χ0n) is 19.5. The lowest BCUT2D eigenvalue weighted by atomic mass is 9.71. The summed E-state index contributed by atoms with van der Waals surface area (Å²) < 4.78 is 13.3. The molecule has 3 aliphatic heterocycles. The summed E-state index contributed by atoms with van der Waals surface area (Å²) in [5.74, 6) is 1.35. The van der Waals surface area contributed by atoms with Crippen molar-refractivity contribution in [2.75, 3.05) is 24.5 Å². The van der Waals surface area contributed by atoms with Crippen molar-refractivity contribution >= 4 is 11.8 Å². The average Bonchev–Trinajstić information content (AvgIpc) is 3.25. The molecule has 8 nitrogen and oxygen atoms in total. The molecule has 1 saturated carbocycles. The SMILES string of the molecule is Cc1cc(C2NNC3CC4NC(=O)N([C@@H]5CCCN(c6ccc(F)cn6)C5)CC4CC32)ccn1. The van der Waals surface area contributed by atoms with E-state index in [1.165, 1.54) is 17.8 Å². The fourth-order valence-corrected chi connectivity index (χ4v) is 6.49. The highest BCUT2D eigenvalue weighted by molar-refractivity contribution is 5.76. The number of hydrogen-bond acceptors (Lipinski definition) is 6. The van der Waals surface area contributed by atoms with E-state index in [2.05, 4.69) is 48.1 Å². The maximum Gasteiger partial charge on any atom is 0.317 e. The molecule has 2 amide bonds. The van der Waals surface area contributed by atoms with Gasteiger partial charge in [-0.2, -0.15) is 0 Å². The molecule has 2 aromatic rings. The fraction of sp³-hybridized carbons (Fsp3) is 0.560. The summed E-state index contributed by atoms with van der Waals surface area (Å²) in [4.78, 5) is 26.0. The first kappa shape index (κ1) is 21.7. The molecule has 0 spiro atoms. The van der Waals surface area contributed by atoms with Crippen LogP contribution in [0.4, 0.5) is 15.0 Å². The molecule has 4 fully saturated rings. The smallest absolute Gasteiger partial charge is 0.317 e. The normalized spacial score (nSPS) is 33.3. The third kappa shape index (κ3) is 4.01. The summed E-state index contributed by atoms with van der Waals surface area (Å²) >= 11 is 0. The van der Waals surface area contributed by atoms with Crippen molar-refractivity contribution in [2.24, 2.45) is 11.8 Å². The van der Waals surface area contributed by atoms with E-state index in [-0.39, 0.29) is 30.0 Å². The first-order valence-electron chi connectivity index (χ1n) is 12.4. The van der Waals surface area contributed by atoms with Crippen molar-refractivity contribution in [1.29, 1.82) is 0 Å². The highest BCUT2D eigenvalue weighted by atomic mass is 19.1. The molecule has 6 atom stereocenters. The standard InChI is InChI=1S/C25H32FN7O/c1-15-9-16(6-7-27-15)24-20-10-17-13-33(25(34)29-21(17)11-22(20)30-31-24)19-3-2-8-32(14-19)23-5-4-18(26)12-28-23/h4-7,9,12,17,19-22,24,30-31H,2-3,8,10-11,13-14H2,1H3,(H,29,34)/t17?,19-,20?,21?,22?,24?/m1/s1. The minimum Gasteiger partial charge on any atom is -0.355 e. The third-order valence-electron chi connectivity index (χ3n) is 8.17. The van der Waals surface area contributed by atoms with E-state index in [9.17, 15) is 9.18 Å². The van der Waals surface area contributed by atoms with Crippen LogP contribution in [0, 0.1) is 24.6 Å². The molecule has 34 heavy (non-hydrogen) atoms. The van der Waals surface area contributed by atoms with E-state index in [1.54, 1.807) is 6.07 Å². The molecule has 3 saturated heterocycles. The molecule has 0 bridgehead atoms. The van der Waals surface area contributed by atoms with E-state index in [4.69, 9.17) is 0 Å². The van der Waals surface area contributed by atoms with E-state index in [1.807, 2.05) is 13.1 Å². The molecule has 4 aliphatic rings. The van der Waals surface area contributed by atoms with Crippen molar-refractivity contribution in [1.82, 2.24) is 31.0 Å². The number of urea groups is 1.